The second kappa shape index (κ2) is 10.6. The van der Waals surface area contributed by atoms with Gasteiger partial charge < -0.3 is 36.1 Å². The third-order valence-corrected chi connectivity index (χ3v) is 3.18. The number of hydrogen-bond acceptors (Lipinski definition) is 8. The lowest BCUT2D eigenvalue weighted by atomic mass is 10.1. The van der Waals surface area contributed by atoms with Gasteiger partial charge in [0.05, 0.1) is 25.2 Å². The molecule has 23 heavy (non-hydrogen) atoms. The van der Waals surface area contributed by atoms with Crippen LogP contribution in [0.4, 0.5) is 4.79 Å². The summed E-state index contributed by atoms with van der Waals surface area (Å²) in [7, 11) is 1.66. The van der Waals surface area contributed by atoms with Crippen LogP contribution in [0.5, 0.6) is 0 Å². The summed E-state index contributed by atoms with van der Waals surface area (Å²) in [6.45, 7) is 0.404. The minimum atomic E-state index is -0.553. The number of amides is 2. The van der Waals surface area contributed by atoms with Gasteiger partial charge in [-0.25, -0.2) is 4.79 Å². The fraction of sp³-hybridized carbons (Fsp3) is 0.692. The molecule has 10 heteroatoms. The molecule has 1 rings (SSSR count). The molecule has 130 valence electrons. The standard InChI is InChI=1S/C13H24N6O4/c1-15-10(8-21)12-18-11(23-19-12)6-16-13(22)17-9(7-20)4-2-3-5-14/h7,9-10,15,21H,2-6,8,14H2,1H3,(H2,16,17,22). The topological polar surface area (TPSA) is 155 Å². The molecule has 2 atom stereocenters. The summed E-state index contributed by atoms with van der Waals surface area (Å²) in [6.07, 6.45) is 2.80. The summed E-state index contributed by atoms with van der Waals surface area (Å²) in [6, 6.07) is -1.48. The van der Waals surface area contributed by atoms with Crippen molar-refractivity contribution in [2.24, 2.45) is 5.73 Å². The molecule has 0 aliphatic carbocycles. The van der Waals surface area contributed by atoms with Gasteiger partial charge in [-0.1, -0.05) is 5.16 Å². The van der Waals surface area contributed by atoms with Gasteiger partial charge in [-0.3, -0.25) is 0 Å². The van der Waals surface area contributed by atoms with Gasteiger partial charge in [0.2, 0.25) is 5.89 Å². The SMILES string of the molecule is CNC(CO)c1noc(CNC(=O)NC(C=O)CCCCN)n1. The third-order valence-electron chi connectivity index (χ3n) is 3.18. The third kappa shape index (κ3) is 6.72. The number of nitrogens with two attached hydrogens (primary N) is 1. The monoisotopic (exact) mass is 328 g/mol. The van der Waals surface area contributed by atoms with Gasteiger partial charge in [-0.15, -0.1) is 0 Å². The molecule has 0 aliphatic heterocycles. The highest BCUT2D eigenvalue weighted by molar-refractivity contribution is 5.77. The molecule has 0 saturated carbocycles. The van der Waals surface area contributed by atoms with Gasteiger partial charge in [0.25, 0.3) is 0 Å². The van der Waals surface area contributed by atoms with Gasteiger partial charge in [0.1, 0.15) is 6.29 Å². The number of likely N-dealkylation sites (N-methyl/N-ethyl adjacent to an activating group) is 1. The lowest BCUT2D eigenvalue weighted by Gasteiger charge is -2.12. The van der Waals surface area contributed by atoms with Crippen molar-refractivity contribution in [2.75, 3.05) is 20.2 Å². The van der Waals surface area contributed by atoms with E-state index >= 15 is 0 Å². The number of aromatic nitrogens is 2. The van der Waals surface area contributed by atoms with Crippen LogP contribution in [0.15, 0.2) is 4.52 Å². The number of aliphatic hydroxyl groups is 1. The average Bonchev–Trinajstić information content (AvgIpc) is 3.02. The Labute approximate surface area is 134 Å². The molecular weight excluding hydrogens is 304 g/mol. The Kier molecular flexibility index (Phi) is 8.80. The van der Waals surface area contributed by atoms with E-state index in [9.17, 15) is 9.59 Å². The van der Waals surface area contributed by atoms with Crippen LogP contribution in [0.1, 0.15) is 37.0 Å². The summed E-state index contributed by atoms with van der Waals surface area (Å²) >= 11 is 0. The van der Waals surface area contributed by atoms with Crippen molar-refractivity contribution in [1.82, 2.24) is 26.1 Å². The molecule has 0 saturated heterocycles. The van der Waals surface area contributed by atoms with Crippen molar-refractivity contribution >= 4 is 12.3 Å². The van der Waals surface area contributed by atoms with Gasteiger partial charge in [-0.05, 0) is 32.9 Å². The van der Waals surface area contributed by atoms with E-state index in [1.165, 1.54) is 0 Å². The largest absolute Gasteiger partial charge is 0.394 e. The first-order chi connectivity index (χ1) is 11.1. The molecule has 0 spiro atoms. The van der Waals surface area contributed by atoms with E-state index in [1.54, 1.807) is 7.05 Å². The maximum Gasteiger partial charge on any atom is 0.315 e. The normalized spacial score (nSPS) is 13.3. The van der Waals surface area contributed by atoms with E-state index in [1.807, 2.05) is 0 Å². The predicted molar refractivity (Wildman–Crippen MR) is 81.3 cm³/mol. The maximum absolute atomic E-state index is 11.7. The van der Waals surface area contributed by atoms with Gasteiger partial charge in [-0.2, -0.15) is 4.98 Å². The Morgan fingerprint density at radius 2 is 2.26 bits per heavy atom. The summed E-state index contributed by atoms with van der Waals surface area (Å²) in [5.74, 6) is 0.509. The van der Waals surface area contributed by atoms with Gasteiger partial charge in [0.15, 0.2) is 5.82 Å². The highest BCUT2D eigenvalue weighted by atomic mass is 16.5. The summed E-state index contributed by atoms with van der Waals surface area (Å²) in [5, 5.41) is 20.7. The number of urea groups is 1. The number of nitrogens with zero attached hydrogens (tertiary/aromatic N) is 2. The zero-order valence-corrected chi connectivity index (χ0v) is 13.1. The van der Waals surface area contributed by atoms with E-state index in [4.69, 9.17) is 15.4 Å². The lowest BCUT2D eigenvalue weighted by Crippen LogP contribution is -2.42. The molecule has 0 fully saturated rings. The number of hydrogen-bond donors (Lipinski definition) is 5. The van der Waals surface area contributed by atoms with E-state index in [-0.39, 0.29) is 19.0 Å². The molecule has 0 aromatic carbocycles. The first kappa shape index (κ1) is 19.0. The molecule has 0 radical (unpaired) electrons. The molecule has 2 unspecified atom stereocenters. The van der Waals surface area contributed by atoms with Crippen molar-refractivity contribution in [2.45, 2.75) is 37.9 Å². The number of rotatable bonds is 11. The van der Waals surface area contributed by atoms with Crippen LogP contribution in [0.3, 0.4) is 0 Å². The first-order valence-corrected chi connectivity index (χ1v) is 7.44. The van der Waals surface area contributed by atoms with Gasteiger partial charge in [0, 0.05) is 0 Å². The second-order valence-corrected chi connectivity index (χ2v) is 4.92. The molecule has 2 amide bonds. The molecule has 0 bridgehead atoms. The van der Waals surface area contributed by atoms with Crippen molar-refractivity contribution < 1.29 is 19.2 Å². The van der Waals surface area contributed by atoms with Crippen LogP contribution in [0.2, 0.25) is 0 Å². The molecule has 1 aromatic rings. The number of nitrogens with one attached hydrogen (secondary N) is 3. The number of aldehydes is 1. The number of carbonyl (C=O) groups excluding carboxylic acids is 2. The highest BCUT2D eigenvalue weighted by Crippen LogP contribution is 2.07. The minimum absolute atomic E-state index is 0.0229. The molecule has 0 aliphatic rings. The van der Waals surface area contributed by atoms with Crippen LogP contribution in [0.25, 0.3) is 0 Å². The summed E-state index contributed by atoms with van der Waals surface area (Å²) in [5.41, 5.74) is 5.38. The number of carbonyl (C=O) groups is 2. The minimum Gasteiger partial charge on any atom is -0.394 e. The molecule has 1 heterocycles. The fourth-order valence-electron chi connectivity index (χ4n) is 1.84. The first-order valence-electron chi connectivity index (χ1n) is 7.44. The van der Waals surface area contributed by atoms with Crippen molar-refractivity contribution in [1.29, 1.82) is 0 Å². The quantitative estimate of drug-likeness (QED) is 0.251. The summed E-state index contributed by atoms with van der Waals surface area (Å²) < 4.78 is 4.97. The Morgan fingerprint density at radius 3 is 2.87 bits per heavy atom. The van der Waals surface area contributed by atoms with E-state index in [0.29, 0.717) is 25.1 Å². The van der Waals surface area contributed by atoms with Gasteiger partial charge >= 0.3 is 6.03 Å². The maximum atomic E-state index is 11.7. The van der Waals surface area contributed by atoms with Crippen LogP contribution in [-0.4, -0.2) is 53.8 Å². The zero-order chi connectivity index (χ0) is 17.1. The van der Waals surface area contributed by atoms with Crippen molar-refractivity contribution in [3.05, 3.63) is 11.7 Å². The lowest BCUT2D eigenvalue weighted by molar-refractivity contribution is -0.109. The molecular formula is C13H24N6O4. The molecule has 10 nitrogen and oxygen atoms in total. The highest BCUT2D eigenvalue weighted by Gasteiger charge is 2.16. The average molecular weight is 328 g/mol. The Hall–Kier alpha value is -2.04. The van der Waals surface area contributed by atoms with Crippen LogP contribution in [0, 0.1) is 0 Å². The Balaban J connectivity index is 2.39. The molecule has 6 N–H and O–H groups in total. The smallest absolute Gasteiger partial charge is 0.315 e. The second-order valence-electron chi connectivity index (χ2n) is 4.92. The molecule has 1 aromatic heterocycles. The fourth-order valence-corrected chi connectivity index (χ4v) is 1.84. The number of unbranched alkanes of at least 4 members (excludes halogenated alkanes) is 1. The van der Waals surface area contributed by atoms with E-state index in [2.05, 4.69) is 26.1 Å². The van der Waals surface area contributed by atoms with E-state index < -0.39 is 18.1 Å². The van der Waals surface area contributed by atoms with Crippen LogP contribution < -0.4 is 21.7 Å². The Morgan fingerprint density at radius 1 is 1.48 bits per heavy atom. The van der Waals surface area contributed by atoms with Crippen molar-refractivity contribution in [3.8, 4) is 0 Å². The Bertz CT molecular complexity index is 477. The zero-order valence-electron chi connectivity index (χ0n) is 13.1. The summed E-state index contributed by atoms with van der Waals surface area (Å²) in [4.78, 5) is 26.7. The van der Waals surface area contributed by atoms with Crippen molar-refractivity contribution in [3.63, 3.8) is 0 Å². The number of aliphatic hydroxyl groups excluding tert-OH is 1. The predicted octanol–water partition coefficient (Wildman–Crippen LogP) is -1.18. The van der Waals surface area contributed by atoms with E-state index in [0.717, 1.165) is 12.8 Å². The van der Waals surface area contributed by atoms with Crippen LogP contribution >= 0.6 is 0 Å². The van der Waals surface area contributed by atoms with Crippen LogP contribution in [-0.2, 0) is 11.3 Å².